The molecule has 0 saturated carbocycles. The van der Waals surface area contributed by atoms with Gasteiger partial charge in [0.2, 0.25) is 5.78 Å². The van der Waals surface area contributed by atoms with Gasteiger partial charge in [-0.15, -0.1) is 0 Å². The highest BCUT2D eigenvalue weighted by Gasteiger charge is 2.18. The van der Waals surface area contributed by atoms with Crippen molar-refractivity contribution in [3.8, 4) is 5.75 Å². The van der Waals surface area contributed by atoms with Crippen molar-refractivity contribution in [1.29, 1.82) is 0 Å². The van der Waals surface area contributed by atoms with Crippen molar-refractivity contribution in [2.24, 2.45) is 0 Å². The number of methoxy groups -OCH3 is 1. The van der Waals surface area contributed by atoms with Crippen LogP contribution >= 0.6 is 0 Å². The molecule has 0 aliphatic carbocycles. The Morgan fingerprint density at radius 3 is 2.52 bits per heavy atom. The van der Waals surface area contributed by atoms with Crippen LogP contribution in [0.25, 0.3) is 11.0 Å². The number of fused-ring (bicyclic) bond motifs is 1. The van der Waals surface area contributed by atoms with Crippen molar-refractivity contribution in [1.82, 2.24) is 0 Å². The van der Waals surface area contributed by atoms with Crippen molar-refractivity contribution >= 4 is 22.7 Å². The molecule has 6 heteroatoms. The first-order valence-electron chi connectivity index (χ1n) is 7.46. The second-order valence-corrected chi connectivity index (χ2v) is 5.18. The van der Waals surface area contributed by atoms with Crippen LogP contribution in [0, 0.1) is 0 Å². The highest BCUT2D eigenvalue weighted by atomic mass is 16.5. The van der Waals surface area contributed by atoms with E-state index in [9.17, 15) is 14.4 Å². The van der Waals surface area contributed by atoms with Crippen molar-refractivity contribution in [2.45, 2.75) is 0 Å². The second-order valence-electron chi connectivity index (χ2n) is 5.18. The minimum absolute atomic E-state index is 0.258. The predicted octanol–water partition coefficient (Wildman–Crippen LogP) is 2.84. The number of ether oxygens (including phenoxy) is 2. The molecule has 6 nitrogen and oxygen atoms in total. The molecular weight excluding hydrogens is 324 g/mol. The first-order valence-corrected chi connectivity index (χ1v) is 7.46. The molecule has 126 valence electrons. The molecule has 0 fully saturated rings. The van der Waals surface area contributed by atoms with Gasteiger partial charge in [-0.25, -0.2) is 9.59 Å². The minimum Gasteiger partial charge on any atom is -0.496 e. The van der Waals surface area contributed by atoms with Gasteiger partial charge < -0.3 is 13.9 Å². The number of ketones is 1. The van der Waals surface area contributed by atoms with Gasteiger partial charge in [-0.1, -0.05) is 30.3 Å². The number of esters is 1. The zero-order valence-electron chi connectivity index (χ0n) is 13.4. The summed E-state index contributed by atoms with van der Waals surface area (Å²) < 4.78 is 15.1. The predicted molar refractivity (Wildman–Crippen MR) is 90.1 cm³/mol. The maximum absolute atomic E-state index is 12.2. The number of para-hydroxylation sites is 2. The molecule has 1 aromatic heterocycles. The highest BCUT2D eigenvalue weighted by molar-refractivity contribution is 6.01. The van der Waals surface area contributed by atoms with Crippen LogP contribution in [-0.2, 0) is 4.74 Å². The van der Waals surface area contributed by atoms with Gasteiger partial charge in [-0.05, 0) is 24.3 Å². The quantitative estimate of drug-likeness (QED) is 0.404. The van der Waals surface area contributed by atoms with Gasteiger partial charge in [0.25, 0.3) is 0 Å². The average molecular weight is 338 g/mol. The molecular formula is C19H14O6. The lowest BCUT2D eigenvalue weighted by Crippen LogP contribution is -2.20. The number of hydrogen-bond donors (Lipinski definition) is 0. The normalized spacial score (nSPS) is 10.4. The Morgan fingerprint density at radius 2 is 1.72 bits per heavy atom. The summed E-state index contributed by atoms with van der Waals surface area (Å²) in [5.41, 5.74) is -0.405. The molecule has 0 bridgehead atoms. The second kappa shape index (κ2) is 7.00. The van der Waals surface area contributed by atoms with Crippen LogP contribution < -0.4 is 10.4 Å². The third-order valence-corrected chi connectivity index (χ3v) is 3.60. The minimum atomic E-state index is -0.914. The molecule has 0 N–H and O–H groups in total. The topological polar surface area (TPSA) is 82.8 Å². The van der Waals surface area contributed by atoms with Gasteiger partial charge in [0.15, 0.2) is 6.61 Å². The van der Waals surface area contributed by atoms with Gasteiger partial charge in [-0.3, -0.25) is 4.79 Å². The molecule has 0 unspecified atom stereocenters. The number of carbonyl (C=O) groups excluding carboxylic acids is 2. The van der Waals surface area contributed by atoms with Crippen LogP contribution in [-0.4, -0.2) is 25.5 Å². The van der Waals surface area contributed by atoms with Gasteiger partial charge >= 0.3 is 11.6 Å². The molecule has 0 amide bonds. The van der Waals surface area contributed by atoms with Gasteiger partial charge in [0.1, 0.15) is 16.9 Å². The van der Waals surface area contributed by atoms with E-state index in [0.29, 0.717) is 22.3 Å². The molecule has 0 aliphatic heterocycles. The van der Waals surface area contributed by atoms with E-state index in [0.717, 1.165) is 0 Å². The molecule has 3 rings (SSSR count). The standard InChI is InChI=1S/C19H14O6/c1-23-17-9-5-3-7-13(17)15(20)11-24-18(21)14-10-12-6-2-4-8-16(12)25-19(14)22/h2-10H,11H2,1H3. The van der Waals surface area contributed by atoms with Gasteiger partial charge in [-0.2, -0.15) is 0 Å². The van der Waals surface area contributed by atoms with E-state index in [1.807, 2.05) is 0 Å². The summed E-state index contributed by atoms with van der Waals surface area (Å²) in [5, 5.41) is 0.588. The fraction of sp³-hybridized carbons (Fsp3) is 0.105. The first-order chi connectivity index (χ1) is 12.1. The summed E-state index contributed by atoms with van der Waals surface area (Å²) in [6, 6.07) is 14.8. The maximum Gasteiger partial charge on any atom is 0.351 e. The number of hydrogen-bond acceptors (Lipinski definition) is 6. The third kappa shape index (κ3) is 3.42. The lowest BCUT2D eigenvalue weighted by atomic mass is 10.1. The van der Waals surface area contributed by atoms with Crippen LogP contribution in [0.3, 0.4) is 0 Å². The smallest absolute Gasteiger partial charge is 0.351 e. The molecule has 0 aliphatic rings. The maximum atomic E-state index is 12.2. The largest absolute Gasteiger partial charge is 0.496 e. The molecule has 1 heterocycles. The molecule has 2 aromatic carbocycles. The fourth-order valence-electron chi connectivity index (χ4n) is 2.37. The lowest BCUT2D eigenvalue weighted by molar-refractivity contribution is 0.0470. The van der Waals surface area contributed by atoms with Crippen molar-refractivity contribution in [3.05, 3.63) is 76.1 Å². The lowest BCUT2D eigenvalue weighted by Gasteiger charge is -2.08. The van der Waals surface area contributed by atoms with Gasteiger partial charge in [0, 0.05) is 5.39 Å². The third-order valence-electron chi connectivity index (χ3n) is 3.60. The van der Waals surface area contributed by atoms with Crippen molar-refractivity contribution in [2.75, 3.05) is 13.7 Å². The molecule has 0 radical (unpaired) electrons. The Morgan fingerprint density at radius 1 is 1.00 bits per heavy atom. The fourth-order valence-corrected chi connectivity index (χ4v) is 2.37. The zero-order valence-corrected chi connectivity index (χ0v) is 13.4. The summed E-state index contributed by atoms with van der Waals surface area (Å²) in [6.07, 6.45) is 0. The number of benzene rings is 2. The molecule has 25 heavy (non-hydrogen) atoms. The number of Topliss-reactive ketones (excluding diaryl/α,β-unsaturated/α-hetero) is 1. The SMILES string of the molecule is COc1ccccc1C(=O)COC(=O)c1cc2ccccc2oc1=O. The van der Waals surface area contributed by atoms with Crippen LogP contribution in [0.1, 0.15) is 20.7 Å². The molecule has 3 aromatic rings. The van der Waals surface area contributed by atoms with E-state index in [2.05, 4.69) is 0 Å². The van der Waals surface area contributed by atoms with Crippen LogP contribution in [0.2, 0.25) is 0 Å². The monoisotopic (exact) mass is 338 g/mol. The Bertz CT molecular complexity index is 1000. The molecule has 0 saturated heterocycles. The van der Waals surface area contributed by atoms with E-state index in [-0.39, 0.29) is 5.56 Å². The average Bonchev–Trinajstić information content (AvgIpc) is 2.65. The highest BCUT2D eigenvalue weighted by Crippen LogP contribution is 2.18. The van der Waals surface area contributed by atoms with Crippen LogP contribution in [0.4, 0.5) is 0 Å². The van der Waals surface area contributed by atoms with Crippen LogP contribution in [0.5, 0.6) is 5.75 Å². The zero-order chi connectivity index (χ0) is 17.8. The Hall–Kier alpha value is -3.41. The van der Waals surface area contributed by atoms with Crippen LogP contribution in [0.15, 0.2) is 63.8 Å². The van der Waals surface area contributed by atoms with E-state index in [1.165, 1.54) is 13.2 Å². The summed E-state index contributed by atoms with van der Waals surface area (Å²) >= 11 is 0. The molecule has 0 atom stereocenters. The van der Waals surface area contributed by atoms with Crippen molar-refractivity contribution < 1.29 is 23.5 Å². The Labute approximate surface area is 142 Å². The summed E-state index contributed by atoms with van der Waals surface area (Å²) in [5.74, 6) is -0.965. The van der Waals surface area contributed by atoms with Crippen molar-refractivity contribution in [3.63, 3.8) is 0 Å². The Kier molecular flexibility index (Phi) is 4.61. The Balaban J connectivity index is 1.78. The van der Waals surface area contributed by atoms with E-state index >= 15 is 0 Å². The van der Waals surface area contributed by atoms with E-state index in [1.54, 1.807) is 48.5 Å². The number of rotatable bonds is 5. The van der Waals surface area contributed by atoms with Gasteiger partial charge in [0.05, 0.1) is 12.7 Å². The summed E-state index contributed by atoms with van der Waals surface area (Å²) in [4.78, 5) is 36.2. The van der Waals surface area contributed by atoms with E-state index in [4.69, 9.17) is 13.9 Å². The number of carbonyl (C=O) groups is 2. The van der Waals surface area contributed by atoms with E-state index < -0.39 is 24.0 Å². The first kappa shape index (κ1) is 16.4. The summed E-state index contributed by atoms with van der Waals surface area (Å²) in [7, 11) is 1.44. The summed E-state index contributed by atoms with van der Waals surface area (Å²) in [6.45, 7) is -0.508. The molecule has 0 spiro atoms.